The molecule has 1 aliphatic carbocycles. The van der Waals surface area contributed by atoms with E-state index in [-0.39, 0.29) is 11.5 Å². The van der Waals surface area contributed by atoms with Crippen molar-refractivity contribution in [3.05, 3.63) is 55.4 Å². The zero-order chi connectivity index (χ0) is 20.4. The van der Waals surface area contributed by atoms with E-state index >= 15 is 0 Å². The molecule has 0 saturated heterocycles. The Hall–Kier alpha value is -2.19. The number of halogens is 1. The van der Waals surface area contributed by atoms with Gasteiger partial charge in [0.25, 0.3) is 5.56 Å². The normalized spacial score (nSPS) is 12.9. The van der Waals surface area contributed by atoms with Crippen LogP contribution in [-0.2, 0) is 24.1 Å². The monoisotopic (exact) mass is 475 g/mol. The van der Waals surface area contributed by atoms with Crippen molar-refractivity contribution in [2.45, 2.75) is 32.1 Å². The number of aryl methyl sites for hydroxylation is 3. The predicted molar refractivity (Wildman–Crippen MR) is 118 cm³/mol. The highest BCUT2D eigenvalue weighted by atomic mass is 79.9. The SMILES string of the molecule is CN(CCOc1ccc(Br)cc1)C(=O)CCc1nc2sc3c(c2c(=O)[nH]1)CCC3. The van der Waals surface area contributed by atoms with Gasteiger partial charge in [-0.15, -0.1) is 11.3 Å². The molecular weight excluding hydrogens is 454 g/mol. The molecule has 29 heavy (non-hydrogen) atoms. The maximum atomic E-state index is 12.5. The van der Waals surface area contributed by atoms with Crippen molar-refractivity contribution in [3.63, 3.8) is 0 Å². The summed E-state index contributed by atoms with van der Waals surface area (Å²) in [5, 5.41) is 0.750. The van der Waals surface area contributed by atoms with E-state index in [0.717, 1.165) is 39.7 Å². The second kappa shape index (κ2) is 8.67. The molecule has 6 nitrogen and oxygen atoms in total. The minimum Gasteiger partial charge on any atom is -0.492 e. The minimum absolute atomic E-state index is 0.000765. The summed E-state index contributed by atoms with van der Waals surface area (Å²) in [7, 11) is 1.76. The molecule has 0 spiro atoms. The summed E-state index contributed by atoms with van der Waals surface area (Å²) in [6.07, 6.45) is 3.84. The van der Waals surface area contributed by atoms with E-state index in [4.69, 9.17) is 4.74 Å². The number of benzene rings is 1. The molecule has 1 N–H and O–H groups in total. The Morgan fingerprint density at radius 3 is 2.90 bits per heavy atom. The predicted octanol–water partition coefficient (Wildman–Crippen LogP) is 3.71. The maximum Gasteiger partial charge on any atom is 0.259 e. The lowest BCUT2D eigenvalue weighted by Gasteiger charge is -2.17. The van der Waals surface area contributed by atoms with Crippen LogP contribution >= 0.6 is 27.3 Å². The Kier molecular flexibility index (Phi) is 6.01. The molecule has 0 aliphatic heterocycles. The lowest BCUT2D eigenvalue weighted by Crippen LogP contribution is -2.31. The highest BCUT2D eigenvalue weighted by molar-refractivity contribution is 9.10. The van der Waals surface area contributed by atoms with Gasteiger partial charge in [0.2, 0.25) is 5.91 Å². The van der Waals surface area contributed by atoms with Gasteiger partial charge in [-0.3, -0.25) is 9.59 Å². The van der Waals surface area contributed by atoms with Crippen molar-refractivity contribution in [1.82, 2.24) is 14.9 Å². The van der Waals surface area contributed by atoms with E-state index in [1.54, 1.807) is 23.3 Å². The van der Waals surface area contributed by atoms with Gasteiger partial charge in [-0.05, 0) is 49.1 Å². The standard InChI is InChI=1S/C21H22BrN3O3S/c1-25(11-12-28-14-7-5-13(22)6-8-14)18(26)10-9-17-23-20(27)19-15-3-2-4-16(15)29-21(19)24-17/h5-8H,2-4,9-12H2,1H3,(H,23,24,27). The van der Waals surface area contributed by atoms with Crippen LogP contribution in [0.4, 0.5) is 0 Å². The summed E-state index contributed by atoms with van der Waals surface area (Å²) in [5.74, 6) is 1.35. The van der Waals surface area contributed by atoms with Crippen LogP contribution in [0.3, 0.4) is 0 Å². The maximum absolute atomic E-state index is 12.5. The molecule has 0 fully saturated rings. The molecule has 152 valence electrons. The molecule has 2 heterocycles. The largest absolute Gasteiger partial charge is 0.492 e. The molecule has 0 radical (unpaired) electrons. The van der Waals surface area contributed by atoms with Crippen molar-refractivity contribution < 1.29 is 9.53 Å². The topological polar surface area (TPSA) is 75.3 Å². The third-order valence-electron chi connectivity index (χ3n) is 5.13. The lowest BCUT2D eigenvalue weighted by molar-refractivity contribution is -0.130. The number of carbonyl (C=O) groups is 1. The molecule has 8 heteroatoms. The second-order valence-corrected chi connectivity index (χ2v) is 9.17. The first-order valence-electron chi connectivity index (χ1n) is 9.67. The molecule has 0 unspecified atom stereocenters. The Morgan fingerprint density at radius 2 is 2.10 bits per heavy atom. The number of rotatable bonds is 7. The van der Waals surface area contributed by atoms with Crippen molar-refractivity contribution >= 4 is 43.4 Å². The fourth-order valence-electron chi connectivity index (χ4n) is 3.54. The van der Waals surface area contributed by atoms with Gasteiger partial charge >= 0.3 is 0 Å². The number of carbonyl (C=O) groups excluding carboxylic acids is 1. The molecule has 4 rings (SSSR count). The number of thiophene rings is 1. The number of likely N-dealkylation sites (N-methyl/N-ethyl adjacent to an activating group) is 1. The second-order valence-electron chi connectivity index (χ2n) is 7.17. The molecule has 0 saturated carbocycles. The quantitative estimate of drug-likeness (QED) is 0.564. The van der Waals surface area contributed by atoms with Crippen LogP contribution in [0.1, 0.15) is 29.1 Å². The number of hydrogen-bond donors (Lipinski definition) is 1. The van der Waals surface area contributed by atoms with Crippen LogP contribution in [0, 0.1) is 0 Å². The Morgan fingerprint density at radius 1 is 1.31 bits per heavy atom. The summed E-state index contributed by atoms with van der Waals surface area (Å²) in [6, 6.07) is 7.59. The number of ether oxygens (including phenoxy) is 1. The number of aromatic amines is 1. The average Bonchev–Trinajstić information content (AvgIpc) is 3.28. The van der Waals surface area contributed by atoms with Gasteiger partial charge in [0.15, 0.2) is 0 Å². The fourth-order valence-corrected chi connectivity index (χ4v) is 5.08. The average molecular weight is 476 g/mol. The van der Waals surface area contributed by atoms with Gasteiger partial charge in [0, 0.05) is 29.2 Å². The molecule has 0 bridgehead atoms. The molecule has 1 aromatic carbocycles. The summed E-state index contributed by atoms with van der Waals surface area (Å²) in [4.78, 5) is 36.1. The van der Waals surface area contributed by atoms with E-state index in [1.807, 2.05) is 24.3 Å². The molecule has 2 aromatic heterocycles. The first kappa shape index (κ1) is 20.1. The number of H-pyrrole nitrogens is 1. The highest BCUT2D eigenvalue weighted by Gasteiger charge is 2.21. The number of aromatic nitrogens is 2. The van der Waals surface area contributed by atoms with Crippen LogP contribution in [0.25, 0.3) is 10.2 Å². The molecule has 1 amide bonds. The Bertz CT molecular complexity index is 1090. The lowest BCUT2D eigenvalue weighted by atomic mass is 10.2. The minimum atomic E-state index is -0.0758. The van der Waals surface area contributed by atoms with Gasteiger partial charge < -0.3 is 14.6 Å². The highest BCUT2D eigenvalue weighted by Crippen LogP contribution is 2.34. The number of fused-ring (bicyclic) bond motifs is 3. The number of hydrogen-bond acceptors (Lipinski definition) is 5. The zero-order valence-corrected chi connectivity index (χ0v) is 18.6. The zero-order valence-electron chi connectivity index (χ0n) is 16.2. The van der Waals surface area contributed by atoms with Crippen LogP contribution in [0.5, 0.6) is 5.75 Å². The summed E-state index contributed by atoms with van der Waals surface area (Å²) in [6.45, 7) is 0.918. The van der Waals surface area contributed by atoms with Crippen LogP contribution in [-0.4, -0.2) is 41.0 Å². The number of nitrogens with one attached hydrogen (secondary N) is 1. The van der Waals surface area contributed by atoms with E-state index in [2.05, 4.69) is 25.9 Å². The summed E-state index contributed by atoms with van der Waals surface area (Å²) < 4.78 is 6.66. The van der Waals surface area contributed by atoms with Crippen molar-refractivity contribution in [1.29, 1.82) is 0 Å². The fraction of sp³-hybridized carbons (Fsp3) is 0.381. The first-order valence-corrected chi connectivity index (χ1v) is 11.3. The van der Waals surface area contributed by atoms with Crippen LogP contribution in [0.2, 0.25) is 0 Å². The molecule has 0 atom stereocenters. The van der Waals surface area contributed by atoms with Crippen molar-refractivity contribution in [2.24, 2.45) is 0 Å². The summed E-state index contributed by atoms with van der Waals surface area (Å²) >= 11 is 5.01. The summed E-state index contributed by atoms with van der Waals surface area (Å²) in [5.41, 5.74) is 1.10. The van der Waals surface area contributed by atoms with Crippen LogP contribution < -0.4 is 10.3 Å². The first-order chi connectivity index (χ1) is 14.0. The van der Waals surface area contributed by atoms with Gasteiger partial charge in [0.1, 0.15) is 23.0 Å². The molecule has 3 aromatic rings. The van der Waals surface area contributed by atoms with Gasteiger partial charge in [-0.1, -0.05) is 15.9 Å². The Labute approximate surface area is 181 Å². The molecular formula is C21H22BrN3O3S. The van der Waals surface area contributed by atoms with Gasteiger partial charge in [-0.2, -0.15) is 0 Å². The molecule has 1 aliphatic rings. The van der Waals surface area contributed by atoms with E-state index in [0.29, 0.717) is 31.8 Å². The van der Waals surface area contributed by atoms with Gasteiger partial charge in [0.05, 0.1) is 11.9 Å². The van der Waals surface area contributed by atoms with Crippen molar-refractivity contribution in [3.8, 4) is 5.75 Å². The van der Waals surface area contributed by atoms with E-state index in [1.165, 1.54) is 10.4 Å². The van der Waals surface area contributed by atoms with Crippen molar-refractivity contribution in [2.75, 3.05) is 20.2 Å². The number of amides is 1. The third-order valence-corrected chi connectivity index (χ3v) is 6.85. The van der Waals surface area contributed by atoms with Gasteiger partial charge in [-0.25, -0.2) is 4.98 Å². The smallest absolute Gasteiger partial charge is 0.259 e. The van der Waals surface area contributed by atoms with Crippen LogP contribution in [0.15, 0.2) is 33.5 Å². The Balaban J connectivity index is 1.30. The third kappa shape index (κ3) is 4.53. The van der Waals surface area contributed by atoms with E-state index in [9.17, 15) is 9.59 Å². The van der Waals surface area contributed by atoms with E-state index < -0.39 is 0 Å². The number of nitrogens with zero attached hydrogens (tertiary/aromatic N) is 2.